The van der Waals surface area contributed by atoms with Gasteiger partial charge in [-0.05, 0) is 56.2 Å². The predicted molar refractivity (Wildman–Crippen MR) is 98.0 cm³/mol. The molecule has 0 aliphatic carbocycles. The number of carbonyl (C=O) groups excluding carboxylic acids is 1. The van der Waals surface area contributed by atoms with E-state index in [1.807, 2.05) is 38.1 Å². The number of halogens is 2. The Balaban J connectivity index is 1.71. The van der Waals surface area contributed by atoms with Crippen LogP contribution in [0.3, 0.4) is 0 Å². The zero-order valence-corrected chi connectivity index (χ0v) is 15.2. The highest BCUT2D eigenvalue weighted by Gasteiger charge is 2.24. The molecular weight excluding hydrogens is 355 g/mol. The van der Waals surface area contributed by atoms with Gasteiger partial charge < -0.3 is 5.32 Å². The topological polar surface area (TPSA) is 59.8 Å². The molecule has 0 aliphatic heterocycles. The number of nitrogens with zero attached hydrogens (tertiary/aromatic N) is 3. The standard InChI is InChI=1S/C19H18ClFN4O/c1-19(2,11-13-5-3-4-6-16(13)20)22-18(26)17-12-25(24-23-17)15-9-7-14(21)8-10-15/h3-10,12H,11H2,1-2H3,(H,22,26). The van der Waals surface area contributed by atoms with Crippen molar-refractivity contribution in [3.8, 4) is 5.69 Å². The lowest BCUT2D eigenvalue weighted by atomic mass is 9.94. The van der Waals surface area contributed by atoms with Crippen molar-refractivity contribution in [3.63, 3.8) is 0 Å². The molecule has 1 amide bonds. The van der Waals surface area contributed by atoms with E-state index in [2.05, 4.69) is 15.6 Å². The van der Waals surface area contributed by atoms with Gasteiger partial charge in [0.15, 0.2) is 5.69 Å². The second-order valence-electron chi connectivity index (χ2n) is 6.63. The number of hydrogen-bond acceptors (Lipinski definition) is 3. The Bertz CT molecular complexity index is 921. The van der Waals surface area contributed by atoms with Crippen molar-refractivity contribution in [2.24, 2.45) is 0 Å². The van der Waals surface area contributed by atoms with Gasteiger partial charge in [-0.1, -0.05) is 35.0 Å². The second-order valence-corrected chi connectivity index (χ2v) is 7.04. The lowest BCUT2D eigenvalue weighted by molar-refractivity contribution is 0.0908. The minimum absolute atomic E-state index is 0.182. The third-order valence-corrected chi connectivity index (χ3v) is 4.23. The Labute approximate surface area is 155 Å². The summed E-state index contributed by atoms with van der Waals surface area (Å²) in [5.41, 5.74) is 1.23. The quantitative estimate of drug-likeness (QED) is 0.740. The van der Waals surface area contributed by atoms with E-state index in [9.17, 15) is 9.18 Å². The van der Waals surface area contributed by atoms with Crippen molar-refractivity contribution in [1.82, 2.24) is 20.3 Å². The molecule has 3 rings (SSSR count). The molecule has 26 heavy (non-hydrogen) atoms. The summed E-state index contributed by atoms with van der Waals surface area (Å²) in [6.07, 6.45) is 2.08. The third-order valence-electron chi connectivity index (χ3n) is 3.86. The van der Waals surface area contributed by atoms with E-state index >= 15 is 0 Å². The van der Waals surface area contributed by atoms with Crippen LogP contribution in [0.5, 0.6) is 0 Å². The molecular formula is C19H18ClFN4O. The van der Waals surface area contributed by atoms with Gasteiger partial charge in [-0.3, -0.25) is 4.79 Å². The Morgan fingerprint density at radius 3 is 2.58 bits per heavy atom. The molecule has 0 bridgehead atoms. The van der Waals surface area contributed by atoms with Crippen LogP contribution in [0, 0.1) is 5.82 Å². The van der Waals surface area contributed by atoms with Crippen molar-refractivity contribution < 1.29 is 9.18 Å². The minimum atomic E-state index is -0.526. The van der Waals surface area contributed by atoms with Crippen molar-refractivity contribution in [2.45, 2.75) is 25.8 Å². The van der Waals surface area contributed by atoms with E-state index in [-0.39, 0.29) is 17.4 Å². The molecule has 0 radical (unpaired) electrons. The first-order valence-electron chi connectivity index (χ1n) is 8.08. The molecule has 2 aromatic carbocycles. The fourth-order valence-corrected chi connectivity index (χ4v) is 2.82. The zero-order valence-electron chi connectivity index (χ0n) is 14.4. The third kappa shape index (κ3) is 4.26. The average molecular weight is 373 g/mol. The Hall–Kier alpha value is -2.73. The smallest absolute Gasteiger partial charge is 0.273 e. The van der Waals surface area contributed by atoms with Gasteiger partial charge in [-0.25, -0.2) is 9.07 Å². The first-order valence-corrected chi connectivity index (χ1v) is 8.46. The van der Waals surface area contributed by atoms with E-state index in [0.717, 1.165) is 5.56 Å². The summed E-state index contributed by atoms with van der Waals surface area (Å²) < 4.78 is 14.4. The first kappa shape index (κ1) is 18.1. The first-order chi connectivity index (χ1) is 12.3. The second kappa shape index (κ2) is 7.25. The van der Waals surface area contributed by atoms with Gasteiger partial charge in [0.2, 0.25) is 0 Å². The van der Waals surface area contributed by atoms with E-state index in [0.29, 0.717) is 17.1 Å². The molecule has 1 heterocycles. The number of amides is 1. The van der Waals surface area contributed by atoms with E-state index in [4.69, 9.17) is 11.6 Å². The van der Waals surface area contributed by atoms with Crippen LogP contribution in [0.4, 0.5) is 4.39 Å². The Morgan fingerprint density at radius 1 is 1.19 bits per heavy atom. The highest BCUT2D eigenvalue weighted by Crippen LogP contribution is 2.21. The lowest BCUT2D eigenvalue weighted by Crippen LogP contribution is -2.45. The summed E-state index contributed by atoms with van der Waals surface area (Å²) in [5.74, 6) is -0.677. The van der Waals surface area contributed by atoms with E-state index in [1.54, 1.807) is 12.1 Å². The molecule has 0 atom stereocenters. The Kier molecular flexibility index (Phi) is 5.04. The summed E-state index contributed by atoms with van der Waals surface area (Å²) >= 11 is 6.20. The van der Waals surface area contributed by atoms with Crippen molar-refractivity contribution in [2.75, 3.05) is 0 Å². The van der Waals surface area contributed by atoms with Crippen molar-refractivity contribution in [1.29, 1.82) is 0 Å². The Morgan fingerprint density at radius 2 is 1.88 bits per heavy atom. The summed E-state index contributed by atoms with van der Waals surface area (Å²) in [4.78, 5) is 12.5. The van der Waals surface area contributed by atoms with Crippen LogP contribution < -0.4 is 5.32 Å². The summed E-state index contributed by atoms with van der Waals surface area (Å²) in [6, 6.07) is 13.3. The average Bonchev–Trinajstić information content (AvgIpc) is 3.07. The molecule has 0 spiro atoms. The van der Waals surface area contributed by atoms with Gasteiger partial charge in [-0.15, -0.1) is 5.10 Å². The van der Waals surface area contributed by atoms with Crippen LogP contribution in [0.1, 0.15) is 29.9 Å². The molecule has 7 heteroatoms. The van der Waals surface area contributed by atoms with E-state index < -0.39 is 5.54 Å². The molecule has 0 saturated heterocycles. The maximum Gasteiger partial charge on any atom is 0.273 e. The van der Waals surface area contributed by atoms with Gasteiger partial charge in [0.05, 0.1) is 11.9 Å². The van der Waals surface area contributed by atoms with Crippen molar-refractivity contribution >= 4 is 17.5 Å². The number of benzene rings is 2. The molecule has 0 saturated carbocycles. The normalized spacial score (nSPS) is 11.4. The van der Waals surface area contributed by atoms with Crippen LogP contribution in [0.15, 0.2) is 54.7 Å². The molecule has 1 aromatic heterocycles. The van der Waals surface area contributed by atoms with E-state index in [1.165, 1.54) is 23.0 Å². The number of rotatable bonds is 5. The molecule has 1 N–H and O–H groups in total. The van der Waals surface area contributed by atoms with Gasteiger partial charge in [0.25, 0.3) is 5.91 Å². The van der Waals surface area contributed by atoms with Crippen molar-refractivity contribution in [3.05, 3.63) is 76.8 Å². The van der Waals surface area contributed by atoms with Gasteiger partial charge in [0, 0.05) is 10.6 Å². The number of carbonyl (C=O) groups is 1. The van der Waals surface area contributed by atoms with Crippen LogP contribution in [0.25, 0.3) is 5.69 Å². The lowest BCUT2D eigenvalue weighted by Gasteiger charge is -2.26. The molecule has 0 fully saturated rings. The van der Waals surface area contributed by atoms with Gasteiger partial charge >= 0.3 is 0 Å². The minimum Gasteiger partial charge on any atom is -0.345 e. The summed E-state index contributed by atoms with van der Waals surface area (Å²) in [7, 11) is 0. The molecule has 3 aromatic rings. The molecule has 5 nitrogen and oxygen atoms in total. The highest BCUT2D eigenvalue weighted by atomic mass is 35.5. The highest BCUT2D eigenvalue weighted by molar-refractivity contribution is 6.31. The molecule has 134 valence electrons. The van der Waals surface area contributed by atoms with Crippen LogP contribution >= 0.6 is 11.6 Å². The molecule has 0 aliphatic rings. The van der Waals surface area contributed by atoms with Crippen LogP contribution in [-0.4, -0.2) is 26.4 Å². The van der Waals surface area contributed by atoms with Crippen LogP contribution in [0.2, 0.25) is 5.02 Å². The predicted octanol–water partition coefficient (Wildman–Crippen LogP) is 3.81. The number of nitrogens with one attached hydrogen (secondary N) is 1. The fraction of sp³-hybridized carbons (Fsp3) is 0.211. The van der Waals surface area contributed by atoms with Crippen LogP contribution in [-0.2, 0) is 6.42 Å². The monoisotopic (exact) mass is 372 g/mol. The largest absolute Gasteiger partial charge is 0.345 e. The summed E-state index contributed by atoms with van der Waals surface area (Å²) in [5, 5.41) is 11.4. The number of hydrogen-bond donors (Lipinski definition) is 1. The SMILES string of the molecule is CC(C)(Cc1ccccc1Cl)NC(=O)c1cn(-c2ccc(F)cc2)nn1. The molecule has 0 unspecified atom stereocenters. The zero-order chi connectivity index (χ0) is 18.7. The van der Waals surface area contributed by atoms with Gasteiger partial charge in [-0.2, -0.15) is 0 Å². The fourth-order valence-electron chi connectivity index (χ4n) is 2.62. The van der Waals surface area contributed by atoms with Gasteiger partial charge in [0.1, 0.15) is 5.82 Å². The number of aromatic nitrogens is 3. The maximum absolute atomic E-state index is 13.0. The maximum atomic E-state index is 13.0. The summed E-state index contributed by atoms with van der Waals surface area (Å²) in [6.45, 7) is 3.83.